The van der Waals surface area contributed by atoms with Gasteiger partial charge in [-0.1, -0.05) is 16.8 Å². The van der Waals surface area contributed by atoms with Crippen molar-refractivity contribution in [1.82, 2.24) is 20.5 Å². The molecule has 0 aliphatic carbocycles. The van der Waals surface area contributed by atoms with Gasteiger partial charge in [0.05, 0.1) is 18.5 Å². The largest absolute Gasteiger partial charge is 0.486 e. The summed E-state index contributed by atoms with van der Waals surface area (Å²) in [5.74, 6) is 0.00761. The van der Waals surface area contributed by atoms with Crippen LogP contribution in [0.1, 0.15) is 51.4 Å². The van der Waals surface area contributed by atoms with E-state index in [2.05, 4.69) is 20.3 Å². The van der Waals surface area contributed by atoms with Crippen molar-refractivity contribution in [2.45, 2.75) is 38.7 Å². The molecule has 9 heteroatoms. The first-order valence-electron chi connectivity index (χ1n) is 9.55. The summed E-state index contributed by atoms with van der Waals surface area (Å²) >= 11 is 0. The molecule has 0 atom stereocenters. The minimum atomic E-state index is -0.567. The van der Waals surface area contributed by atoms with Gasteiger partial charge in [0.15, 0.2) is 11.5 Å². The second kappa shape index (κ2) is 7.31. The van der Waals surface area contributed by atoms with Gasteiger partial charge in [-0.05, 0) is 31.1 Å². The molecular weight excluding hydrogens is 376 g/mol. The monoisotopic (exact) mass is 398 g/mol. The van der Waals surface area contributed by atoms with Crippen molar-refractivity contribution in [3.05, 3.63) is 40.7 Å². The van der Waals surface area contributed by atoms with Crippen molar-refractivity contribution >= 4 is 17.6 Å². The molecule has 9 nitrogen and oxygen atoms in total. The second-order valence-corrected chi connectivity index (χ2v) is 7.65. The first-order chi connectivity index (χ1) is 13.9. The number of hydrogen-bond donors (Lipinski definition) is 1. The highest BCUT2D eigenvalue weighted by Gasteiger charge is 2.43. The Morgan fingerprint density at radius 3 is 2.66 bits per heavy atom. The number of aromatic nitrogens is 2. The Bertz CT molecular complexity index is 975. The van der Waals surface area contributed by atoms with Crippen LogP contribution in [0.25, 0.3) is 0 Å². The van der Waals surface area contributed by atoms with Crippen LogP contribution in [-0.4, -0.2) is 58.0 Å². The molecule has 1 saturated heterocycles. The van der Waals surface area contributed by atoms with Crippen LogP contribution in [0.5, 0.6) is 5.75 Å². The fourth-order valence-electron chi connectivity index (χ4n) is 3.84. The van der Waals surface area contributed by atoms with Crippen LogP contribution in [0.15, 0.2) is 22.8 Å². The first kappa shape index (κ1) is 19.1. The number of ether oxygens (including phenoxy) is 1. The summed E-state index contributed by atoms with van der Waals surface area (Å²) in [4.78, 5) is 38.8. The molecule has 1 fully saturated rings. The predicted octanol–water partition coefficient (Wildman–Crippen LogP) is 1.44. The number of piperidine rings is 1. The van der Waals surface area contributed by atoms with E-state index in [1.165, 1.54) is 0 Å². The van der Waals surface area contributed by atoms with Crippen LogP contribution in [0.4, 0.5) is 0 Å². The van der Waals surface area contributed by atoms with Gasteiger partial charge in [0.25, 0.3) is 5.91 Å². The number of fused-ring (bicyclic) bond motifs is 1. The van der Waals surface area contributed by atoms with E-state index >= 15 is 0 Å². The van der Waals surface area contributed by atoms with Gasteiger partial charge in [-0.25, -0.2) is 4.63 Å². The summed E-state index contributed by atoms with van der Waals surface area (Å²) in [5, 5.41) is 9.61. The van der Waals surface area contributed by atoms with Crippen LogP contribution in [-0.2, 0) is 4.79 Å². The lowest BCUT2D eigenvalue weighted by molar-refractivity contribution is -0.133. The Morgan fingerprint density at radius 2 is 1.97 bits per heavy atom. The second-order valence-electron chi connectivity index (χ2n) is 7.65. The quantitative estimate of drug-likeness (QED) is 0.832. The lowest BCUT2D eigenvalue weighted by Crippen LogP contribution is -2.53. The molecule has 1 aromatic heterocycles. The number of amides is 2. The number of benzene rings is 1. The van der Waals surface area contributed by atoms with Gasteiger partial charge in [-0.3, -0.25) is 14.4 Å². The maximum atomic E-state index is 12.6. The maximum absolute atomic E-state index is 12.6. The number of Topliss-reactive ketones (excluding diaryl/α,β-unsaturated/α-hetero) is 1. The van der Waals surface area contributed by atoms with Gasteiger partial charge in [-0.2, -0.15) is 0 Å². The fourth-order valence-corrected chi connectivity index (χ4v) is 3.84. The first-order valence-corrected chi connectivity index (χ1v) is 9.55. The van der Waals surface area contributed by atoms with Gasteiger partial charge in [0.2, 0.25) is 5.91 Å². The van der Waals surface area contributed by atoms with Gasteiger partial charge in [0.1, 0.15) is 17.0 Å². The zero-order chi connectivity index (χ0) is 20.6. The van der Waals surface area contributed by atoms with E-state index in [4.69, 9.17) is 4.74 Å². The molecule has 2 aliphatic heterocycles. The van der Waals surface area contributed by atoms with Gasteiger partial charge in [-0.15, -0.1) is 0 Å². The lowest BCUT2D eigenvalue weighted by atomic mass is 9.82. The molecule has 0 unspecified atom stereocenters. The van der Waals surface area contributed by atoms with Crippen molar-refractivity contribution in [3.8, 4) is 5.75 Å². The highest BCUT2D eigenvalue weighted by Crippen LogP contribution is 2.39. The lowest BCUT2D eigenvalue weighted by Gasteiger charge is -2.44. The van der Waals surface area contributed by atoms with Crippen molar-refractivity contribution in [2.24, 2.45) is 0 Å². The van der Waals surface area contributed by atoms with Gasteiger partial charge >= 0.3 is 0 Å². The summed E-state index contributed by atoms with van der Waals surface area (Å²) in [5.41, 5.74) is 1.52. The van der Waals surface area contributed by atoms with E-state index in [0.29, 0.717) is 49.4 Å². The van der Waals surface area contributed by atoms with Crippen LogP contribution in [0.3, 0.4) is 0 Å². The molecule has 1 spiro atoms. The third kappa shape index (κ3) is 3.72. The van der Waals surface area contributed by atoms with E-state index in [-0.39, 0.29) is 23.9 Å². The van der Waals surface area contributed by atoms with Crippen molar-refractivity contribution < 1.29 is 23.7 Å². The van der Waals surface area contributed by atoms with Crippen LogP contribution in [0.2, 0.25) is 0 Å². The van der Waals surface area contributed by atoms with E-state index in [0.717, 1.165) is 5.56 Å². The van der Waals surface area contributed by atoms with E-state index in [9.17, 15) is 14.4 Å². The topological polar surface area (TPSA) is 115 Å². The van der Waals surface area contributed by atoms with Gasteiger partial charge in [0, 0.05) is 25.9 Å². The van der Waals surface area contributed by atoms with E-state index in [1.54, 1.807) is 11.8 Å². The Morgan fingerprint density at radius 1 is 1.21 bits per heavy atom. The minimum Gasteiger partial charge on any atom is -0.486 e. The number of nitrogens with zero attached hydrogens (tertiary/aromatic N) is 3. The summed E-state index contributed by atoms with van der Waals surface area (Å²) in [6.07, 6.45) is 1.46. The Balaban J connectivity index is 1.34. The molecule has 0 bridgehead atoms. The number of ketones is 1. The molecule has 2 aromatic rings. The number of nitrogens with one attached hydrogen (secondary N) is 1. The molecule has 152 valence electrons. The summed E-state index contributed by atoms with van der Waals surface area (Å²) < 4.78 is 10.7. The number of hydrogen-bond acceptors (Lipinski definition) is 7. The van der Waals surface area contributed by atoms with Gasteiger partial charge < -0.3 is 15.0 Å². The highest BCUT2D eigenvalue weighted by molar-refractivity contribution is 6.00. The maximum Gasteiger partial charge on any atom is 0.275 e. The molecule has 0 saturated carbocycles. The molecule has 29 heavy (non-hydrogen) atoms. The van der Waals surface area contributed by atoms with Crippen LogP contribution >= 0.6 is 0 Å². The fraction of sp³-hybridized carbons (Fsp3) is 0.450. The van der Waals surface area contributed by atoms with Crippen molar-refractivity contribution in [2.75, 3.05) is 19.6 Å². The van der Waals surface area contributed by atoms with Crippen molar-refractivity contribution in [3.63, 3.8) is 0 Å². The zero-order valence-corrected chi connectivity index (χ0v) is 16.4. The molecule has 2 aliphatic rings. The third-order valence-electron chi connectivity index (χ3n) is 5.54. The number of carbonyl (C=O) groups is 3. The molecule has 4 rings (SSSR count). The number of likely N-dealkylation sites (tertiary alicyclic amines) is 1. The smallest absolute Gasteiger partial charge is 0.275 e. The standard InChI is InChI=1S/C20H22N4O5/c1-12-3-4-16-14(9-12)15(25)10-20(28-16)5-7-24(8-6-20)17(26)11-21-19(27)18-13(2)22-29-23-18/h3-4,9H,5-8,10-11H2,1-2H3,(H,21,27). The third-order valence-corrected chi connectivity index (χ3v) is 5.54. The molecule has 3 heterocycles. The zero-order valence-electron chi connectivity index (χ0n) is 16.4. The molecule has 1 N–H and O–H groups in total. The summed E-state index contributed by atoms with van der Waals surface area (Å²) in [7, 11) is 0. The Hall–Kier alpha value is -3.23. The predicted molar refractivity (Wildman–Crippen MR) is 101 cm³/mol. The highest BCUT2D eigenvalue weighted by atomic mass is 16.6. The Kier molecular flexibility index (Phi) is 4.81. The molecule has 0 radical (unpaired) electrons. The summed E-state index contributed by atoms with van der Waals surface area (Å²) in [6.45, 7) is 4.34. The number of rotatable bonds is 3. The van der Waals surface area contributed by atoms with Crippen molar-refractivity contribution in [1.29, 1.82) is 0 Å². The molecule has 1 aromatic carbocycles. The van der Waals surface area contributed by atoms with E-state index < -0.39 is 11.5 Å². The van der Waals surface area contributed by atoms with E-state index in [1.807, 2.05) is 25.1 Å². The van der Waals surface area contributed by atoms with Crippen LogP contribution in [0, 0.1) is 13.8 Å². The average Bonchev–Trinajstić information content (AvgIpc) is 3.13. The average molecular weight is 398 g/mol. The minimum absolute atomic E-state index is 0.0680. The Labute approximate surface area is 167 Å². The van der Waals surface area contributed by atoms with Crippen LogP contribution < -0.4 is 10.1 Å². The number of carbonyl (C=O) groups excluding carboxylic acids is 3. The summed E-state index contributed by atoms with van der Waals surface area (Å²) in [6, 6.07) is 5.63. The number of aryl methyl sites for hydroxylation is 2. The SMILES string of the molecule is Cc1ccc2c(c1)C(=O)CC1(CCN(C(=O)CNC(=O)c3nonc3C)CC1)O2. The molecule has 2 amide bonds. The normalized spacial score (nSPS) is 17.6. The molecular formula is C20H22N4O5.